The van der Waals surface area contributed by atoms with Gasteiger partial charge in [-0.2, -0.15) is 0 Å². The van der Waals surface area contributed by atoms with Crippen molar-refractivity contribution in [2.75, 3.05) is 12.4 Å². The number of amides is 1. The van der Waals surface area contributed by atoms with Crippen LogP contribution in [0.5, 0.6) is 5.75 Å². The first-order chi connectivity index (χ1) is 9.40. The molecule has 0 fully saturated rings. The molecule has 6 nitrogen and oxygen atoms in total. The van der Waals surface area contributed by atoms with Crippen molar-refractivity contribution in [2.45, 2.75) is 26.3 Å². The van der Waals surface area contributed by atoms with Gasteiger partial charge in [-0.3, -0.25) is 4.79 Å². The molecule has 0 radical (unpaired) electrons. The lowest BCUT2D eigenvalue weighted by Gasteiger charge is -2.18. The average molecular weight is 280 g/mol. The zero-order valence-electron chi connectivity index (χ0n) is 11.8. The molecular formula is C14H20N2O4. The zero-order chi connectivity index (χ0) is 15.3. The lowest BCUT2D eigenvalue weighted by molar-refractivity contribution is -0.118. The van der Waals surface area contributed by atoms with E-state index in [1.165, 1.54) is 19.2 Å². The van der Waals surface area contributed by atoms with E-state index in [1.807, 2.05) is 13.8 Å². The van der Waals surface area contributed by atoms with Crippen LogP contribution in [0, 0.1) is 5.92 Å². The average Bonchev–Trinajstić information content (AvgIpc) is 2.45. The summed E-state index contributed by atoms with van der Waals surface area (Å²) >= 11 is 0. The molecule has 1 aromatic carbocycles. The summed E-state index contributed by atoms with van der Waals surface area (Å²) < 4.78 is 4.97. The molecule has 0 aliphatic rings. The standard InChI is InChI=1S/C14H20N2O4/c1-4-8(2)12(15)13(17)16-11-6-5-9(20-3)7-10(11)14(18)19/h5-8,12H,4,15H2,1-3H3,(H,16,17)(H,18,19)/t8-,12-/m0/s1. The van der Waals surface area contributed by atoms with Gasteiger partial charge in [0.25, 0.3) is 0 Å². The molecular weight excluding hydrogens is 260 g/mol. The van der Waals surface area contributed by atoms with E-state index in [9.17, 15) is 9.59 Å². The topological polar surface area (TPSA) is 102 Å². The Morgan fingerprint density at radius 1 is 1.45 bits per heavy atom. The van der Waals surface area contributed by atoms with Crippen molar-refractivity contribution in [3.05, 3.63) is 23.8 Å². The molecule has 20 heavy (non-hydrogen) atoms. The number of benzene rings is 1. The van der Waals surface area contributed by atoms with Crippen LogP contribution in [0.2, 0.25) is 0 Å². The van der Waals surface area contributed by atoms with Crippen molar-refractivity contribution in [3.63, 3.8) is 0 Å². The maximum Gasteiger partial charge on any atom is 0.337 e. The van der Waals surface area contributed by atoms with Gasteiger partial charge < -0.3 is 20.9 Å². The van der Waals surface area contributed by atoms with E-state index >= 15 is 0 Å². The van der Waals surface area contributed by atoms with Crippen LogP contribution in [-0.4, -0.2) is 30.1 Å². The lowest BCUT2D eigenvalue weighted by atomic mass is 9.99. The van der Waals surface area contributed by atoms with Crippen molar-refractivity contribution in [3.8, 4) is 5.75 Å². The molecule has 0 heterocycles. The molecule has 0 saturated heterocycles. The van der Waals surface area contributed by atoms with Gasteiger partial charge in [-0.25, -0.2) is 4.79 Å². The second-order valence-corrected chi connectivity index (χ2v) is 4.62. The van der Waals surface area contributed by atoms with Crippen LogP contribution in [0.4, 0.5) is 5.69 Å². The summed E-state index contributed by atoms with van der Waals surface area (Å²) in [6.45, 7) is 3.81. The fraction of sp³-hybridized carbons (Fsp3) is 0.429. The number of anilines is 1. The summed E-state index contributed by atoms with van der Waals surface area (Å²) in [5, 5.41) is 11.7. The van der Waals surface area contributed by atoms with Gasteiger partial charge in [0, 0.05) is 0 Å². The molecule has 0 spiro atoms. The van der Waals surface area contributed by atoms with Crippen molar-refractivity contribution >= 4 is 17.6 Å². The van der Waals surface area contributed by atoms with E-state index in [2.05, 4.69) is 5.32 Å². The predicted molar refractivity (Wildman–Crippen MR) is 76.0 cm³/mol. The van der Waals surface area contributed by atoms with E-state index in [-0.39, 0.29) is 17.2 Å². The number of carbonyl (C=O) groups excluding carboxylic acids is 1. The van der Waals surface area contributed by atoms with Gasteiger partial charge in [-0.15, -0.1) is 0 Å². The Morgan fingerprint density at radius 2 is 2.10 bits per heavy atom. The molecule has 1 rings (SSSR count). The second kappa shape index (κ2) is 6.91. The third-order valence-corrected chi connectivity index (χ3v) is 3.27. The number of methoxy groups -OCH3 is 1. The minimum Gasteiger partial charge on any atom is -0.497 e. The highest BCUT2D eigenvalue weighted by Gasteiger charge is 2.21. The van der Waals surface area contributed by atoms with Crippen LogP contribution in [0.3, 0.4) is 0 Å². The Hall–Kier alpha value is -2.08. The van der Waals surface area contributed by atoms with E-state index in [1.54, 1.807) is 6.07 Å². The number of nitrogens with two attached hydrogens (primary N) is 1. The number of ether oxygens (including phenoxy) is 1. The molecule has 0 unspecified atom stereocenters. The van der Waals surface area contributed by atoms with E-state index in [0.717, 1.165) is 6.42 Å². The van der Waals surface area contributed by atoms with Gasteiger partial charge in [-0.1, -0.05) is 20.3 Å². The zero-order valence-corrected chi connectivity index (χ0v) is 11.8. The maximum absolute atomic E-state index is 12.0. The Labute approximate surface area is 117 Å². The van der Waals surface area contributed by atoms with Crippen molar-refractivity contribution in [2.24, 2.45) is 11.7 Å². The van der Waals surface area contributed by atoms with Crippen LogP contribution < -0.4 is 15.8 Å². The molecule has 4 N–H and O–H groups in total. The lowest BCUT2D eigenvalue weighted by Crippen LogP contribution is -2.40. The molecule has 0 saturated carbocycles. The number of nitrogens with one attached hydrogen (secondary N) is 1. The van der Waals surface area contributed by atoms with Gasteiger partial charge >= 0.3 is 5.97 Å². The third-order valence-electron chi connectivity index (χ3n) is 3.27. The normalized spacial score (nSPS) is 13.4. The van der Waals surface area contributed by atoms with E-state index in [4.69, 9.17) is 15.6 Å². The van der Waals surface area contributed by atoms with Gasteiger partial charge in [0.05, 0.1) is 24.4 Å². The summed E-state index contributed by atoms with van der Waals surface area (Å²) in [5.74, 6) is -1.11. The van der Waals surface area contributed by atoms with Crippen molar-refractivity contribution in [1.82, 2.24) is 0 Å². The summed E-state index contributed by atoms with van der Waals surface area (Å²) in [5.41, 5.74) is 5.99. The van der Waals surface area contributed by atoms with Gasteiger partial charge in [0.1, 0.15) is 5.75 Å². The monoisotopic (exact) mass is 280 g/mol. The predicted octanol–water partition coefficient (Wildman–Crippen LogP) is 1.71. The first-order valence-corrected chi connectivity index (χ1v) is 6.38. The second-order valence-electron chi connectivity index (χ2n) is 4.62. The van der Waals surface area contributed by atoms with E-state index < -0.39 is 17.9 Å². The first-order valence-electron chi connectivity index (χ1n) is 6.38. The summed E-state index contributed by atoms with van der Waals surface area (Å²) in [4.78, 5) is 23.2. The molecule has 6 heteroatoms. The molecule has 0 aliphatic carbocycles. The highest BCUT2D eigenvalue weighted by atomic mass is 16.5. The number of aromatic carboxylic acids is 1. The first kappa shape index (κ1) is 16.0. The van der Waals surface area contributed by atoms with Crippen LogP contribution in [0.15, 0.2) is 18.2 Å². The number of hydrogen-bond acceptors (Lipinski definition) is 4. The molecule has 110 valence electrons. The van der Waals surface area contributed by atoms with Crippen molar-refractivity contribution in [1.29, 1.82) is 0 Å². The molecule has 1 amide bonds. The minimum atomic E-state index is -1.14. The molecule has 0 aromatic heterocycles. The van der Waals surface area contributed by atoms with Gasteiger partial charge in [0.15, 0.2) is 0 Å². The molecule has 1 aromatic rings. The largest absolute Gasteiger partial charge is 0.497 e. The Kier molecular flexibility index (Phi) is 5.52. The molecule has 0 aliphatic heterocycles. The number of rotatable bonds is 6. The van der Waals surface area contributed by atoms with Crippen LogP contribution in [0.25, 0.3) is 0 Å². The number of hydrogen-bond donors (Lipinski definition) is 3. The molecule has 0 bridgehead atoms. The van der Waals surface area contributed by atoms with Crippen LogP contribution >= 0.6 is 0 Å². The van der Waals surface area contributed by atoms with Crippen molar-refractivity contribution < 1.29 is 19.4 Å². The quantitative estimate of drug-likeness (QED) is 0.736. The number of carboxylic acids is 1. The summed E-state index contributed by atoms with van der Waals surface area (Å²) in [6, 6.07) is 3.75. The smallest absolute Gasteiger partial charge is 0.337 e. The molecule has 2 atom stereocenters. The van der Waals surface area contributed by atoms with Crippen LogP contribution in [-0.2, 0) is 4.79 Å². The highest BCUT2D eigenvalue weighted by Crippen LogP contribution is 2.22. The fourth-order valence-corrected chi connectivity index (χ4v) is 1.66. The Balaban J connectivity index is 2.97. The summed E-state index contributed by atoms with van der Waals surface area (Å²) in [6.07, 6.45) is 0.767. The SMILES string of the molecule is CC[C@H](C)[C@H](N)C(=O)Nc1ccc(OC)cc1C(=O)O. The van der Waals surface area contributed by atoms with E-state index in [0.29, 0.717) is 5.75 Å². The van der Waals surface area contributed by atoms with Crippen LogP contribution in [0.1, 0.15) is 30.6 Å². The fourth-order valence-electron chi connectivity index (χ4n) is 1.66. The number of carbonyl (C=O) groups is 2. The highest BCUT2D eigenvalue weighted by molar-refractivity contribution is 6.02. The van der Waals surface area contributed by atoms with Gasteiger partial charge in [0.2, 0.25) is 5.91 Å². The summed E-state index contributed by atoms with van der Waals surface area (Å²) in [7, 11) is 1.44. The van der Waals surface area contributed by atoms with Gasteiger partial charge in [-0.05, 0) is 24.1 Å². The maximum atomic E-state index is 12.0. The minimum absolute atomic E-state index is 0.0153. The number of carboxylic acid groups (broad SMARTS) is 1. The third kappa shape index (κ3) is 3.71. The Morgan fingerprint density at radius 3 is 2.60 bits per heavy atom. The Bertz CT molecular complexity index is 502.